The summed E-state index contributed by atoms with van der Waals surface area (Å²) in [4.78, 5) is 56.1. The van der Waals surface area contributed by atoms with Crippen LogP contribution in [-0.2, 0) is 10.3 Å². The molecule has 2 atom stereocenters. The van der Waals surface area contributed by atoms with Crippen LogP contribution in [0, 0.1) is 5.82 Å². The van der Waals surface area contributed by atoms with Crippen LogP contribution in [0.2, 0.25) is 0 Å². The number of benzene rings is 2. The summed E-state index contributed by atoms with van der Waals surface area (Å²) in [6.07, 6.45) is -1.16. The Kier molecular flexibility index (Phi) is 7.30. The molecular formula is C27H28FN5O7S. The monoisotopic (exact) mass is 585 g/mol. The maximum absolute atomic E-state index is 14.8. The molecule has 0 bridgehead atoms. The third kappa shape index (κ3) is 5.04. The van der Waals surface area contributed by atoms with Crippen LogP contribution in [0.5, 0.6) is 11.5 Å². The van der Waals surface area contributed by atoms with Crippen LogP contribution >= 0.6 is 11.3 Å². The Labute approximate surface area is 237 Å². The van der Waals surface area contributed by atoms with Crippen molar-refractivity contribution in [3.63, 3.8) is 0 Å². The van der Waals surface area contributed by atoms with Gasteiger partial charge in [-0.05, 0) is 45.4 Å². The first kappa shape index (κ1) is 28.2. The first-order valence-electron chi connectivity index (χ1n) is 12.8. The largest absolute Gasteiger partial charge is 0.493 e. The van der Waals surface area contributed by atoms with Gasteiger partial charge in [0.1, 0.15) is 16.8 Å². The van der Waals surface area contributed by atoms with E-state index in [1.54, 1.807) is 20.8 Å². The normalized spacial score (nSPS) is 18.8. The van der Waals surface area contributed by atoms with Crippen LogP contribution in [0.4, 0.5) is 14.9 Å². The van der Waals surface area contributed by atoms with Crippen molar-refractivity contribution in [1.82, 2.24) is 20.5 Å². The highest BCUT2D eigenvalue weighted by molar-refractivity contribution is 7.18. The number of hydrogen-bond acceptors (Lipinski definition) is 9. The molecule has 2 aliphatic heterocycles. The van der Waals surface area contributed by atoms with Crippen molar-refractivity contribution in [1.29, 1.82) is 0 Å². The Bertz CT molecular complexity index is 1590. The van der Waals surface area contributed by atoms with Gasteiger partial charge in [-0.3, -0.25) is 19.3 Å². The highest BCUT2D eigenvalue weighted by Gasteiger charge is 2.44. The molecule has 2 aromatic carbocycles. The van der Waals surface area contributed by atoms with E-state index in [-0.39, 0.29) is 53.7 Å². The summed E-state index contributed by atoms with van der Waals surface area (Å²) in [7, 11) is 1.36. The van der Waals surface area contributed by atoms with Gasteiger partial charge in [0.05, 0.1) is 41.1 Å². The number of aliphatic hydroxyl groups is 1. The lowest BCUT2D eigenvalue weighted by Gasteiger charge is -2.33. The number of halogens is 1. The van der Waals surface area contributed by atoms with E-state index < -0.39 is 41.5 Å². The van der Waals surface area contributed by atoms with Gasteiger partial charge in [-0.15, -0.1) is 11.3 Å². The predicted molar refractivity (Wildman–Crippen MR) is 147 cm³/mol. The van der Waals surface area contributed by atoms with E-state index in [0.717, 1.165) is 4.90 Å². The number of aromatic nitrogens is 1. The first-order valence-corrected chi connectivity index (χ1v) is 13.7. The molecule has 0 saturated carbocycles. The van der Waals surface area contributed by atoms with Gasteiger partial charge in [-0.25, -0.2) is 9.78 Å². The van der Waals surface area contributed by atoms with Gasteiger partial charge in [-0.2, -0.15) is 4.39 Å². The van der Waals surface area contributed by atoms with Gasteiger partial charge in [0.2, 0.25) is 11.7 Å². The van der Waals surface area contributed by atoms with E-state index in [1.807, 2.05) is 0 Å². The fourth-order valence-electron chi connectivity index (χ4n) is 4.86. The van der Waals surface area contributed by atoms with Crippen molar-refractivity contribution in [2.75, 3.05) is 19.0 Å². The smallest absolute Gasteiger partial charge is 0.319 e. The topological polar surface area (TPSA) is 159 Å². The number of rotatable bonds is 7. The maximum Gasteiger partial charge on any atom is 0.319 e. The zero-order valence-electron chi connectivity index (χ0n) is 22.7. The van der Waals surface area contributed by atoms with Crippen molar-refractivity contribution in [3.8, 4) is 11.5 Å². The summed E-state index contributed by atoms with van der Waals surface area (Å²) in [5.74, 6) is -2.24. The number of fused-ring (bicyclic) bond motifs is 2. The Balaban J connectivity index is 1.33. The van der Waals surface area contributed by atoms with Crippen LogP contribution in [0.15, 0.2) is 24.3 Å². The number of carbonyl (C=O) groups is 4. The number of anilines is 1. The second-order valence-electron chi connectivity index (χ2n) is 10.1. The number of ether oxygens (including phenoxy) is 2. The van der Waals surface area contributed by atoms with Crippen LogP contribution in [0.1, 0.15) is 59.3 Å². The number of nitrogens with zero attached hydrogens (tertiary/aromatic N) is 2. The molecule has 0 aliphatic carbocycles. The minimum absolute atomic E-state index is 0.0191. The fraction of sp³-hybridized carbons (Fsp3) is 0.370. The van der Waals surface area contributed by atoms with Gasteiger partial charge < -0.3 is 30.5 Å². The van der Waals surface area contributed by atoms with Gasteiger partial charge in [0, 0.05) is 18.2 Å². The number of thiazole rings is 1. The standard InChI is InChI=1S/C27H28FN5O7S/c1-5-40-21-19(28)16(39-4)11-17-20(21)31-25(41-17)27(2,3)32-26(38)29-12-6-7-13-14(10-12)24(37)33(23(13)36)15-8-9-18(34)30-22(15)35/h6-7,10-11,15,22,35H,5,8-9H2,1-4H3,(H,30,34)(H2,29,32,38). The average Bonchev–Trinajstić information content (AvgIpc) is 3.45. The quantitative estimate of drug-likeness (QED) is 0.308. The van der Waals surface area contributed by atoms with E-state index in [2.05, 4.69) is 20.9 Å². The number of carbonyl (C=O) groups excluding carboxylic acids is 4. The Hall–Kier alpha value is -4.30. The molecule has 1 saturated heterocycles. The molecule has 0 spiro atoms. The van der Waals surface area contributed by atoms with E-state index >= 15 is 0 Å². The van der Waals surface area contributed by atoms with Gasteiger partial charge in [-0.1, -0.05) is 0 Å². The maximum atomic E-state index is 14.8. The SMILES string of the molecule is CCOc1c(F)c(OC)cc2sc(C(C)(C)NC(=O)Nc3ccc4c(c3)C(=O)N(C3CCC(=O)NC3O)C4=O)nc12. The number of hydrogen-bond donors (Lipinski definition) is 4. The third-order valence-corrected chi connectivity index (χ3v) is 8.19. The molecule has 3 heterocycles. The number of imide groups is 1. The molecule has 12 nitrogen and oxygen atoms in total. The zero-order chi connectivity index (χ0) is 29.6. The van der Waals surface area contributed by atoms with E-state index in [4.69, 9.17) is 9.47 Å². The summed E-state index contributed by atoms with van der Waals surface area (Å²) in [6.45, 7) is 5.41. The number of aliphatic hydroxyl groups excluding tert-OH is 1. The lowest BCUT2D eigenvalue weighted by Crippen LogP contribution is -2.57. The summed E-state index contributed by atoms with van der Waals surface area (Å²) in [5, 5.41) is 18.6. The lowest BCUT2D eigenvalue weighted by atomic mass is 10.0. The van der Waals surface area contributed by atoms with Gasteiger partial charge >= 0.3 is 6.03 Å². The Morgan fingerprint density at radius 3 is 2.66 bits per heavy atom. The molecule has 14 heteroatoms. The van der Waals surface area contributed by atoms with Crippen molar-refractivity contribution in [2.45, 2.75) is 51.4 Å². The fourth-order valence-corrected chi connectivity index (χ4v) is 5.91. The first-order chi connectivity index (χ1) is 19.4. The third-order valence-electron chi connectivity index (χ3n) is 6.86. The minimum atomic E-state index is -1.37. The summed E-state index contributed by atoms with van der Waals surface area (Å²) >= 11 is 1.25. The number of methoxy groups -OCH3 is 1. The number of nitrogens with one attached hydrogen (secondary N) is 3. The van der Waals surface area contributed by atoms with E-state index in [9.17, 15) is 28.7 Å². The van der Waals surface area contributed by atoms with Crippen molar-refractivity contribution in [2.24, 2.45) is 0 Å². The highest BCUT2D eigenvalue weighted by atomic mass is 32.1. The number of amides is 5. The highest BCUT2D eigenvalue weighted by Crippen LogP contribution is 2.40. The van der Waals surface area contributed by atoms with Crippen LogP contribution in [-0.4, -0.2) is 64.7 Å². The second kappa shape index (κ2) is 10.6. The molecule has 2 unspecified atom stereocenters. The van der Waals surface area contributed by atoms with Crippen molar-refractivity contribution in [3.05, 3.63) is 46.2 Å². The molecule has 5 amide bonds. The molecule has 216 valence electrons. The lowest BCUT2D eigenvalue weighted by molar-refractivity contribution is -0.129. The molecule has 2 aliphatic rings. The zero-order valence-corrected chi connectivity index (χ0v) is 23.5. The van der Waals surface area contributed by atoms with Crippen molar-refractivity contribution < 1.29 is 38.1 Å². The van der Waals surface area contributed by atoms with Gasteiger partial charge in [0.25, 0.3) is 11.8 Å². The molecule has 5 rings (SSSR count). The van der Waals surface area contributed by atoms with E-state index in [1.165, 1.54) is 42.7 Å². The molecule has 4 N–H and O–H groups in total. The minimum Gasteiger partial charge on any atom is -0.493 e. The van der Waals surface area contributed by atoms with Crippen molar-refractivity contribution >= 4 is 51.0 Å². The Morgan fingerprint density at radius 2 is 1.98 bits per heavy atom. The Morgan fingerprint density at radius 1 is 1.24 bits per heavy atom. The average molecular weight is 586 g/mol. The second-order valence-corrected chi connectivity index (χ2v) is 11.1. The summed E-state index contributed by atoms with van der Waals surface area (Å²) < 4.78 is 26.1. The van der Waals surface area contributed by atoms with Crippen LogP contribution in [0.3, 0.4) is 0 Å². The molecular weight excluding hydrogens is 557 g/mol. The molecule has 41 heavy (non-hydrogen) atoms. The summed E-state index contributed by atoms with van der Waals surface area (Å²) in [5.41, 5.74) is -0.224. The predicted octanol–water partition coefficient (Wildman–Crippen LogP) is 3.09. The van der Waals surface area contributed by atoms with E-state index in [0.29, 0.717) is 15.2 Å². The summed E-state index contributed by atoms with van der Waals surface area (Å²) in [6, 6.07) is 4.32. The van der Waals surface area contributed by atoms with Crippen LogP contribution < -0.4 is 25.4 Å². The van der Waals surface area contributed by atoms with Gasteiger partial charge in [0.15, 0.2) is 11.5 Å². The van der Waals surface area contributed by atoms with Crippen LogP contribution in [0.25, 0.3) is 10.2 Å². The number of piperidine rings is 1. The molecule has 1 aromatic heterocycles. The molecule has 3 aromatic rings. The molecule has 1 fully saturated rings. The molecule has 0 radical (unpaired) electrons. The number of urea groups is 1.